The van der Waals surface area contributed by atoms with E-state index in [-0.39, 0.29) is 29.5 Å². The fourth-order valence-corrected chi connectivity index (χ4v) is 1.74. The average Bonchev–Trinajstić information content (AvgIpc) is 2.47. The molecule has 0 amide bonds. The number of rotatable bonds is 5. The highest BCUT2D eigenvalue weighted by Crippen LogP contribution is 2.27. The fourth-order valence-electron chi connectivity index (χ4n) is 1.74. The first kappa shape index (κ1) is 13.6. The van der Waals surface area contributed by atoms with Crippen molar-refractivity contribution in [1.82, 2.24) is 9.97 Å². The van der Waals surface area contributed by atoms with E-state index in [9.17, 15) is 14.9 Å². The van der Waals surface area contributed by atoms with Crippen LogP contribution in [0.5, 0.6) is 5.88 Å². The van der Waals surface area contributed by atoms with E-state index >= 15 is 0 Å². The molecular formula is C13H11N3O4. The Balaban J connectivity index is 2.34. The highest BCUT2D eigenvalue weighted by Gasteiger charge is 2.25. The van der Waals surface area contributed by atoms with E-state index in [1.54, 1.807) is 30.3 Å². The van der Waals surface area contributed by atoms with Crippen molar-refractivity contribution in [1.29, 1.82) is 0 Å². The van der Waals surface area contributed by atoms with Crippen molar-refractivity contribution in [3.63, 3.8) is 0 Å². The molecule has 1 heterocycles. The number of nitro groups is 1. The second kappa shape index (κ2) is 5.87. The molecule has 0 bridgehead atoms. The number of methoxy groups -OCH3 is 1. The number of hydrogen-bond acceptors (Lipinski definition) is 6. The summed E-state index contributed by atoms with van der Waals surface area (Å²) in [6.45, 7) is 0. The fraction of sp³-hybridized carbons (Fsp3) is 0.154. The minimum atomic E-state index is -0.646. The molecule has 0 radical (unpaired) electrons. The Morgan fingerprint density at radius 1 is 1.30 bits per heavy atom. The number of ketones is 1. The van der Waals surface area contributed by atoms with Crippen LogP contribution in [0.2, 0.25) is 0 Å². The minimum absolute atomic E-state index is 0.0377. The smallest absolute Gasteiger partial charge is 0.352 e. The van der Waals surface area contributed by atoms with Crippen molar-refractivity contribution in [2.75, 3.05) is 7.11 Å². The maximum Gasteiger partial charge on any atom is 0.352 e. The van der Waals surface area contributed by atoms with E-state index in [2.05, 4.69) is 9.97 Å². The second-order valence-corrected chi connectivity index (χ2v) is 3.90. The van der Waals surface area contributed by atoms with Crippen molar-refractivity contribution < 1.29 is 14.5 Å². The quantitative estimate of drug-likeness (QED) is 0.468. The largest absolute Gasteiger partial charge is 0.476 e. The lowest BCUT2D eigenvalue weighted by Crippen LogP contribution is -2.09. The van der Waals surface area contributed by atoms with Gasteiger partial charge in [-0.25, -0.2) is 4.98 Å². The van der Waals surface area contributed by atoms with Crippen LogP contribution in [0.25, 0.3) is 0 Å². The Kier molecular flexibility index (Phi) is 3.99. The first-order valence-electron chi connectivity index (χ1n) is 5.74. The van der Waals surface area contributed by atoms with Crippen molar-refractivity contribution in [2.24, 2.45) is 0 Å². The van der Waals surface area contributed by atoms with Gasteiger partial charge in [0.05, 0.1) is 18.5 Å². The number of carbonyl (C=O) groups is 1. The molecule has 2 rings (SSSR count). The van der Waals surface area contributed by atoms with Crippen LogP contribution in [-0.4, -0.2) is 27.8 Å². The third kappa shape index (κ3) is 2.77. The van der Waals surface area contributed by atoms with Crippen LogP contribution >= 0.6 is 0 Å². The van der Waals surface area contributed by atoms with Gasteiger partial charge in [0.15, 0.2) is 5.78 Å². The van der Waals surface area contributed by atoms with Gasteiger partial charge >= 0.3 is 5.69 Å². The average molecular weight is 273 g/mol. The Morgan fingerprint density at radius 3 is 2.60 bits per heavy atom. The summed E-state index contributed by atoms with van der Waals surface area (Å²) < 4.78 is 4.83. The molecule has 7 nitrogen and oxygen atoms in total. The molecule has 0 N–H and O–H groups in total. The molecule has 0 aliphatic rings. The number of Topliss-reactive ketones (excluding diaryl/α,β-unsaturated/α-hetero) is 1. The van der Waals surface area contributed by atoms with Crippen LogP contribution in [0.3, 0.4) is 0 Å². The van der Waals surface area contributed by atoms with Gasteiger partial charge in [-0.1, -0.05) is 30.3 Å². The Bertz CT molecular complexity index is 643. The van der Waals surface area contributed by atoms with Gasteiger partial charge in [0.2, 0.25) is 0 Å². The summed E-state index contributed by atoms with van der Waals surface area (Å²) in [5.41, 5.74) is 0.134. The van der Waals surface area contributed by atoms with Crippen LogP contribution in [-0.2, 0) is 6.42 Å². The molecule has 2 aromatic rings. The zero-order chi connectivity index (χ0) is 14.5. The molecule has 0 atom stereocenters. The Labute approximate surface area is 114 Å². The molecule has 0 spiro atoms. The normalized spacial score (nSPS) is 10.1. The molecule has 7 heteroatoms. The zero-order valence-corrected chi connectivity index (χ0v) is 10.6. The van der Waals surface area contributed by atoms with Crippen LogP contribution in [0.15, 0.2) is 36.7 Å². The predicted molar refractivity (Wildman–Crippen MR) is 69.7 cm³/mol. The Hall–Kier alpha value is -2.83. The molecule has 0 fully saturated rings. The summed E-state index contributed by atoms with van der Waals surface area (Å²) in [5.74, 6) is -0.407. The van der Waals surface area contributed by atoms with Crippen molar-refractivity contribution >= 4 is 11.5 Å². The number of aromatic nitrogens is 2. The van der Waals surface area contributed by atoms with E-state index in [1.807, 2.05) is 0 Å². The van der Waals surface area contributed by atoms with E-state index < -0.39 is 4.92 Å². The number of carbonyl (C=O) groups excluding carboxylic acids is 1. The van der Waals surface area contributed by atoms with E-state index in [4.69, 9.17) is 4.74 Å². The standard InChI is InChI=1S/C13H11N3O4/c1-20-13-12(16(18)19)10(14-8-15-13)7-11(17)9-5-3-2-4-6-9/h2-6,8H,7H2,1H3. The first-order chi connectivity index (χ1) is 9.63. The maximum absolute atomic E-state index is 12.1. The van der Waals surface area contributed by atoms with Gasteiger partial charge in [0.25, 0.3) is 5.88 Å². The lowest BCUT2D eigenvalue weighted by molar-refractivity contribution is -0.387. The van der Waals surface area contributed by atoms with Gasteiger partial charge in [-0.2, -0.15) is 4.98 Å². The molecule has 0 unspecified atom stereocenters. The second-order valence-electron chi connectivity index (χ2n) is 3.90. The van der Waals surface area contributed by atoms with Gasteiger partial charge in [0.1, 0.15) is 12.0 Å². The third-order valence-electron chi connectivity index (χ3n) is 2.66. The van der Waals surface area contributed by atoms with Gasteiger partial charge in [-0.15, -0.1) is 0 Å². The molecule has 1 aromatic carbocycles. The van der Waals surface area contributed by atoms with Crippen molar-refractivity contribution in [3.8, 4) is 5.88 Å². The number of hydrogen-bond donors (Lipinski definition) is 0. The minimum Gasteiger partial charge on any atom is -0.476 e. The molecule has 102 valence electrons. The van der Waals surface area contributed by atoms with Crippen LogP contribution in [0.1, 0.15) is 16.1 Å². The van der Waals surface area contributed by atoms with E-state index in [1.165, 1.54) is 7.11 Å². The topological polar surface area (TPSA) is 95.2 Å². The summed E-state index contributed by atoms with van der Waals surface area (Å²) in [6, 6.07) is 8.52. The lowest BCUT2D eigenvalue weighted by atomic mass is 10.1. The van der Waals surface area contributed by atoms with Gasteiger partial charge < -0.3 is 4.74 Å². The van der Waals surface area contributed by atoms with Gasteiger partial charge in [0, 0.05) is 5.56 Å². The number of benzene rings is 1. The zero-order valence-electron chi connectivity index (χ0n) is 10.6. The molecule has 0 aliphatic heterocycles. The van der Waals surface area contributed by atoms with Gasteiger partial charge in [-0.05, 0) is 0 Å². The maximum atomic E-state index is 12.1. The summed E-state index contributed by atoms with van der Waals surface area (Å²) >= 11 is 0. The van der Waals surface area contributed by atoms with Crippen LogP contribution in [0.4, 0.5) is 5.69 Å². The summed E-state index contributed by atoms with van der Waals surface area (Å²) in [7, 11) is 1.28. The first-order valence-corrected chi connectivity index (χ1v) is 5.74. The lowest BCUT2D eigenvalue weighted by Gasteiger charge is -2.04. The molecule has 0 aliphatic carbocycles. The highest BCUT2D eigenvalue weighted by molar-refractivity contribution is 5.97. The van der Waals surface area contributed by atoms with E-state index in [0.717, 1.165) is 6.33 Å². The number of ether oxygens (including phenoxy) is 1. The highest BCUT2D eigenvalue weighted by atomic mass is 16.6. The predicted octanol–water partition coefficient (Wildman–Crippen LogP) is 1.82. The summed E-state index contributed by atoms with van der Waals surface area (Å²) in [6.07, 6.45) is 0.957. The Morgan fingerprint density at radius 2 is 2.00 bits per heavy atom. The van der Waals surface area contributed by atoms with Gasteiger partial charge in [-0.3, -0.25) is 14.9 Å². The summed E-state index contributed by atoms with van der Waals surface area (Å²) in [4.78, 5) is 30.0. The molecule has 0 saturated carbocycles. The monoisotopic (exact) mass is 273 g/mol. The molecular weight excluding hydrogens is 262 g/mol. The van der Waals surface area contributed by atoms with E-state index in [0.29, 0.717) is 5.56 Å². The number of nitrogens with zero attached hydrogens (tertiary/aromatic N) is 3. The molecule has 20 heavy (non-hydrogen) atoms. The van der Waals surface area contributed by atoms with Crippen LogP contribution < -0.4 is 4.74 Å². The van der Waals surface area contributed by atoms with Crippen molar-refractivity contribution in [2.45, 2.75) is 6.42 Å². The molecule has 1 aromatic heterocycles. The van der Waals surface area contributed by atoms with Crippen LogP contribution in [0, 0.1) is 10.1 Å². The molecule has 0 saturated heterocycles. The SMILES string of the molecule is COc1ncnc(CC(=O)c2ccccc2)c1[N+](=O)[O-]. The third-order valence-corrected chi connectivity index (χ3v) is 2.66. The van der Waals surface area contributed by atoms with Crippen molar-refractivity contribution in [3.05, 3.63) is 58.0 Å². The summed E-state index contributed by atoms with van der Waals surface area (Å²) in [5, 5.41) is 11.1.